The molecule has 1 N–H and O–H groups in total. The SMILES string of the molecule is COc1cccc(O[C@H](C)C(=O)N[C@H]2CC(C)(C)Oc3cc(C)ccc32)c1. The molecule has 1 aliphatic heterocycles. The van der Waals surface area contributed by atoms with Crippen LogP contribution in [0.15, 0.2) is 42.5 Å². The van der Waals surface area contributed by atoms with Gasteiger partial charge in [-0.05, 0) is 51.5 Å². The third-order valence-electron chi connectivity index (χ3n) is 4.67. The van der Waals surface area contributed by atoms with E-state index in [1.807, 2.05) is 57.2 Å². The van der Waals surface area contributed by atoms with Gasteiger partial charge in [0, 0.05) is 18.1 Å². The van der Waals surface area contributed by atoms with E-state index >= 15 is 0 Å². The van der Waals surface area contributed by atoms with E-state index < -0.39 is 6.10 Å². The Kier molecular flexibility index (Phi) is 5.31. The minimum absolute atomic E-state index is 0.117. The van der Waals surface area contributed by atoms with Crippen LogP contribution in [0.3, 0.4) is 0 Å². The molecule has 0 saturated carbocycles. The van der Waals surface area contributed by atoms with Gasteiger partial charge in [0.2, 0.25) is 0 Å². The molecule has 5 nitrogen and oxygen atoms in total. The highest BCUT2D eigenvalue weighted by Crippen LogP contribution is 2.40. The van der Waals surface area contributed by atoms with E-state index in [9.17, 15) is 4.79 Å². The number of benzene rings is 2. The summed E-state index contributed by atoms with van der Waals surface area (Å²) in [6, 6.07) is 13.2. The molecule has 144 valence electrons. The zero-order valence-electron chi connectivity index (χ0n) is 16.5. The first-order valence-corrected chi connectivity index (χ1v) is 9.18. The van der Waals surface area contributed by atoms with Crippen molar-refractivity contribution in [3.8, 4) is 17.2 Å². The van der Waals surface area contributed by atoms with E-state index in [1.54, 1.807) is 20.1 Å². The average molecular weight is 369 g/mol. The third kappa shape index (κ3) is 4.54. The fraction of sp³-hybridized carbons (Fsp3) is 0.409. The molecule has 0 spiro atoms. The molecule has 1 aliphatic rings. The van der Waals surface area contributed by atoms with Crippen LogP contribution in [-0.4, -0.2) is 24.7 Å². The van der Waals surface area contributed by atoms with E-state index in [0.29, 0.717) is 17.9 Å². The molecular weight excluding hydrogens is 342 g/mol. The molecule has 2 aromatic rings. The molecule has 0 aliphatic carbocycles. The van der Waals surface area contributed by atoms with Crippen molar-refractivity contribution < 1.29 is 19.0 Å². The number of amides is 1. The van der Waals surface area contributed by atoms with E-state index in [1.165, 1.54) is 0 Å². The molecule has 27 heavy (non-hydrogen) atoms. The molecule has 2 atom stereocenters. The maximum Gasteiger partial charge on any atom is 0.261 e. The summed E-state index contributed by atoms with van der Waals surface area (Å²) in [4.78, 5) is 12.7. The fourth-order valence-corrected chi connectivity index (χ4v) is 3.31. The predicted molar refractivity (Wildman–Crippen MR) is 104 cm³/mol. The Bertz CT molecular complexity index is 831. The number of nitrogens with one attached hydrogen (secondary N) is 1. The van der Waals surface area contributed by atoms with Crippen molar-refractivity contribution in [2.24, 2.45) is 0 Å². The van der Waals surface area contributed by atoms with Crippen molar-refractivity contribution in [2.75, 3.05) is 7.11 Å². The Labute approximate surface area is 160 Å². The fourth-order valence-electron chi connectivity index (χ4n) is 3.31. The summed E-state index contributed by atoms with van der Waals surface area (Å²) in [6.45, 7) is 7.85. The standard InChI is InChI=1S/C22H27NO4/c1-14-9-10-18-19(13-22(3,4)27-20(18)11-14)23-21(24)15(2)26-17-8-6-7-16(12-17)25-5/h6-12,15,19H,13H2,1-5H3,(H,23,24)/t15-,19+/m1/s1. The van der Waals surface area contributed by atoms with E-state index in [-0.39, 0.29) is 17.6 Å². The Hall–Kier alpha value is -2.69. The van der Waals surface area contributed by atoms with Gasteiger partial charge < -0.3 is 19.5 Å². The smallest absolute Gasteiger partial charge is 0.261 e. The lowest BCUT2D eigenvalue weighted by Gasteiger charge is -2.38. The topological polar surface area (TPSA) is 56.8 Å². The van der Waals surface area contributed by atoms with Crippen molar-refractivity contribution in [2.45, 2.75) is 51.9 Å². The minimum atomic E-state index is -0.628. The van der Waals surface area contributed by atoms with Gasteiger partial charge in [-0.15, -0.1) is 0 Å². The van der Waals surface area contributed by atoms with Crippen LogP contribution in [-0.2, 0) is 4.79 Å². The molecular formula is C22H27NO4. The zero-order chi connectivity index (χ0) is 19.6. The second-order valence-corrected chi connectivity index (χ2v) is 7.61. The number of rotatable bonds is 5. The van der Waals surface area contributed by atoms with Crippen molar-refractivity contribution in [1.29, 1.82) is 0 Å². The van der Waals surface area contributed by atoms with Gasteiger partial charge in [-0.25, -0.2) is 0 Å². The van der Waals surface area contributed by atoms with Gasteiger partial charge in [-0.1, -0.05) is 18.2 Å². The van der Waals surface area contributed by atoms with Crippen molar-refractivity contribution in [1.82, 2.24) is 5.32 Å². The Morgan fingerprint density at radius 2 is 1.96 bits per heavy atom. The first-order chi connectivity index (χ1) is 12.8. The zero-order valence-corrected chi connectivity index (χ0v) is 16.5. The number of aryl methyl sites for hydroxylation is 1. The first kappa shape index (κ1) is 19.1. The summed E-state index contributed by atoms with van der Waals surface area (Å²) >= 11 is 0. The second-order valence-electron chi connectivity index (χ2n) is 7.61. The van der Waals surface area contributed by atoms with Crippen LogP contribution in [0.1, 0.15) is 44.4 Å². The number of fused-ring (bicyclic) bond motifs is 1. The Morgan fingerprint density at radius 3 is 2.70 bits per heavy atom. The molecule has 0 fully saturated rings. The second kappa shape index (κ2) is 7.51. The third-order valence-corrected chi connectivity index (χ3v) is 4.67. The molecule has 2 aromatic carbocycles. The Morgan fingerprint density at radius 1 is 1.22 bits per heavy atom. The Balaban J connectivity index is 1.73. The van der Waals surface area contributed by atoms with Crippen LogP contribution in [0.25, 0.3) is 0 Å². The van der Waals surface area contributed by atoms with E-state index in [4.69, 9.17) is 14.2 Å². The van der Waals surface area contributed by atoms with Crippen molar-refractivity contribution in [3.63, 3.8) is 0 Å². The molecule has 0 saturated heterocycles. The summed E-state index contributed by atoms with van der Waals surface area (Å²) in [5.41, 5.74) is 1.78. The normalized spacial score (nSPS) is 18.6. The average Bonchev–Trinajstić information content (AvgIpc) is 2.60. The molecule has 1 heterocycles. The molecule has 5 heteroatoms. The number of ether oxygens (including phenoxy) is 3. The molecule has 0 aromatic heterocycles. The van der Waals surface area contributed by atoms with Crippen molar-refractivity contribution in [3.05, 3.63) is 53.6 Å². The minimum Gasteiger partial charge on any atom is -0.497 e. The number of methoxy groups -OCH3 is 1. The van der Waals surface area contributed by atoms with Crippen LogP contribution in [0, 0.1) is 6.92 Å². The molecule has 3 rings (SSSR count). The summed E-state index contributed by atoms with van der Waals surface area (Å²) < 4.78 is 17.1. The van der Waals surface area contributed by atoms with Crippen molar-refractivity contribution >= 4 is 5.91 Å². The van der Waals surface area contributed by atoms with Gasteiger partial charge in [0.15, 0.2) is 6.10 Å². The van der Waals surface area contributed by atoms with E-state index in [0.717, 1.165) is 16.9 Å². The van der Waals surface area contributed by atoms with Gasteiger partial charge in [-0.3, -0.25) is 4.79 Å². The maximum atomic E-state index is 12.7. The lowest BCUT2D eigenvalue weighted by Crippen LogP contribution is -2.44. The lowest BCUT2D eigenvalue weighted by molar-refractivity contribution is -0.128. The van der Waals surface area contributed by atoms with Gasteiger partial charge >= 0.3 is 0 Å². The number of carbonyl (C=O) groups excluding carboxylic acids is 1. The predicted octanol–water partition coefficient (Wildman–Crippen LogP) is 4.19. The van der Waals surface area contributed by atoms with E-state index in [2.05, 4.69) is 5.32 Å². The van der Waals surface area contributed by atoms with Gasteiger partial charge in [0.05, 0.1) is 13.2 Å². The van der Waals surface area contributed by atoms with Crippen LogP contribution in [0.4, 0.5) is 0 Å². The van der Waals surface area contributed by atoms with Crippen LogP contribution in [0.5, 0.6) is 17.2 Å². The maximum absolute atomic E-state index is 12.7. The summed E-state index contributed by atoms with van der Waals surface area (Å²) in [7, 11) is 1.60. The highest BCUT2D eigenvalue weighted by atomic mass is 16.5. The molecule has 1 amide bonds. The number of carbonyl (C=O) groups is 1. The quantitative estimate of drug-likeness (QED) is 0.859. The largest absolute Gasteiger partial charge is 0.497 e. The highest BCUT2D eigenvalue weighted by molar-refractivity contribution is 5.81. The summed E-state index contributed by atoms with van der Waals surface area (Å²) in [6.07, 6.45) is 0.0673. The molecule has 0 unspecified atom stereocenters. The summed E-state index contributed by atoms with van der Waals surface area (Å²) in [5.74, 6) is 1.96. The number of hydrogen-bond donors (Lipinski definition) is 1. The van der Waals surface area contributed by atoms with Gasteiger partial charge in [-0.2, -0.15) is 0 Å². The monoisotopic (exact) mass is 369 g/mol. The van der Waals surface area contributed by atoms with Gasteiger partial charge in [0.1, 0.15) is 22.8 Å². The van der Waals surface area contributed by atoms with Gasteiger partial charge in [0.25, 0.3) is 5.91 Å². The lowest BCUT2D eigenvalue weighted by atomic mass is 9.89. The molecule has 0 bridgehead atoms. The van der Waals surface area contributed by atoms with Crippen LogP contribution >= 0.6 is 0 Å². The van der Waals surface area contributed by atoms with Crippen LogP contribution in [0.2, 0.25) is 0 Å². The molecule has 0 radical (unpaired) electrons. The highest BCUT2D eigenvalue weighted by Gasteiger charge is 2.35. The first-order valence-electron chi connectivity index (χ1n) is 9.18. The van der Waals surface area contributed by atoms with Crippen LogP contribution < -0.4 is 19.5 Å². The number of hydrogen-bond acceptors (Lipinski definition) is 4. The summed E-state index contributed by atoms with van der Waals surface area (Å²) in [5, 5.41) is 3.12.